The molecule has 0 nitrogen and oxygen atoms in total. The second kappa shape index (κ2) is 12.2. The number of hydrogen-bond donors (Lipinski definition) is 0. The summed E-state index contributed by atoms with van der Waals surface area (Å²) in [4.78, 5) is 0. The smallest absolute Gasteiger partial charge is 1.00 e. The number of halogens is 4. The zero-order valence-corrected chi connectivity index (χ0v) is 21.9. The molecule has 0 N–H and O–H groups in total. The molecule has 0 spiro atoms. The fraction of sp³-hybridized carbons (Fsp3) is 0.429. The Labute approximate surface area is 179 Å². The first kappa shape index (κ1) is 27.7. The molecule has 21 heavy (non-hydrogen) atoms. The van der Waals surface area contributed by atoms with Crippen LogP contribution in [0.3, 0.4) is 0 Å². The SMILES string of the molecule is C[Si](C)(Br)C1=[C-]CC=C1.C[Si](C)(Br)C1=[C-]CC=C1.[Cl-].[Cl-].[Zr+4]. The molecule has 0 radical (unpaired) electrons. The van der Waals surface area contributed by atoms with Crippen LogP contribution in [-0.2, 0) is 26.2 Å². The van der Waals surface area contributed by atoms with Gasteiger partial charge in [-0.05, 0) is 0 Å². The third kappa shape index (κ3) is 11.1. The number of hydrogen-bond acceptors (Lipinski definition) is 0. The molecule has 0 aromatic carbocycles. The van der Waals surface area contributed by atoms with Crippen molar-refractivity contribution in [1.29, 1.82) is 0 Å². The van der Waals surface area contributed by atoms with Gasteiger partial charge in [0.1, 0.15) is 13.4 Å². The van der Waals surface area contributed by atoms with Crippen molar-refractivity contribution in [2.45, 2.75) is 39.0 Å². The normalized spacial score (nSPS) is 15.7. The standard InChI is InChI=1S/2C7H10BrSi.2ClH.Zr/c2*1-9(2,8)7-5-3-4-6-7;;;/h2*3,5H,4H2,1-2H3;2*1H;/q2*-1;;;+4/p-2. The van der Waals surface area contributed by atoms with Crippen LogP contribution in [0.5, 0.6) is 0 Å². The maximum absolute atomic E-state index is 3.69. The van der Waals surface area contributed by atoms with Crippen molar-refractivity contribution in [2.75, 3.05) is 0 Å². The molecular formula is C14H20Br2Cl2Si2Zr. The minimum Gasteiger partial charge on any atom is -1.00 e. The Morgan fingerprint density at radius 3 is 1.19 bits per heavy atom. The molecule has 7 heteroatoms. The first-order valence-corrected chi connectivity index (χ1v) is 16.7. The molecule has 0 fully saturated rings. The molecule has 116 valence electrons. The summed E-state index contributed by atoms with van der Waals surface area (Å²) in [6, 6.07) is 0. The molecule has 0 atom stereocenters. The Hall–Kier alpha value is 1.82. The van der Waals surface area contributed by atoms with Gasteiger partial charge in [-0.25, -0.2) is 22.5 Å². The zero-order valence-electron chi connectivity index (χ0n) is 12.7. The van der Waals surface area contributed by atoms with Crippen LogP contribution in [0.4, 0.5) is 0 Å². The molecule has 0 saturated carbocycles. The number of allylic oxidation sites excluding steroid dienone is 8. The first-order valence-electron chi connectivity index (χ1n) is 6.15. The van der Waals surface area contributed by atoms with Crippen molar-refractivity contribution in [3.63, 3.8) is 0 Å². The van der Waals surface area contributed by atoms with E-state index in [2.05, 4.69) is 93.2 Å². The van der Waals surface area contributed by atoms with Crippen molar-refractivity contribution >= 4 is 44.0 Å². The van der Waals surface area contributed by atoms with Crippen LogP contribution in [0.15, 0.2) is 34.7 Å². The molecule has 2 rings (SSSR count). The van der Waals surface area contributed by atoms with Gasteiger partial charge >= 0.3 is 26.2 Å². The summed E-state index contributed by atoms with van der Waals surface area (Å²) in [5.74, 6) is 0. The van der Waals surface area contributed by atoms with Gasteiger partial charge in [-0.3, -0.25) is 12.2 Å². The van der Waals surface area contributed by atoms with Gasteiger partial charge in [-0.1, -0.05) is 26.2 Å². The fourth-order valence-electron chi connectivity index (χ4n) is 1.63. The second-order valence-corrected chi connectivity index (χ2v) is 24.2. The van der Waals surface area contributed by atoms with E-state index >= 15 is 0 Å². The van der Waals surface area contributed by atoms with Crippen LogP contribution < -0.4 is 24.8 Å². The van der Waals surface area contributed by atoms with Crippen molar-refractivity contribution in [1.82, 2.24) is 0 Å². The molecule has 0 aliphatic heterocycles. The van der Waals surface area contributed by atoms with Gasteiger partial charge in [0.2, 0.25) is 0 Å². The Kier molecular flexibility index (Phi) is 16.1. The number of rotatable bonds is 2. The Morgan fingerprint density at radius 1 is 0.810 bits per heavy atom. The van der Waals surface area contributed by atoms with Gasteiger partial charge in [-0.15, -0.1) is 43.4 Å². The molecule has 0 unspecified atom stereocenters. The zero-order chi connectivity index (χ0) is 13.8. The van der Waals surface area contributed by atoms with E-state index in [4.69, 9.17) is 0 Å². The maximum atomic E-state index is 3.69. The Balaban J connectivity index is -0.000000270. The van der Waals surface area contributed by atoms with Gasteiger partial charge in [0.15, 0.2) is 0 Å². The van der Waals surface area contributed by atoms with Crippen LogP contribution in [0.1, 0.15) is 12.8 Å². The van der Waals surface area contributed by atoms with Crippen LogP contribution in [-0.4, -0.2) is 13.4 Å². The summed E-state index contributed by atoms with van der Waals surface area (Å²) in [7, 11) is 0. The second-order valence-electron chi connectivity index (χ2n) is 5.34. The third-order valence-electron chi connectivity index (χ3n) is 2.67. The summed E-state index contributed by atoms with van der Waals surface area (Å²) < 4.78 is 0. The van der Waals surface area contributed by atoms with E-state index in [9.17, 15) is 0 Å². The van der Waals surface area contributed by atoms with Gasteiger partial charge in [0, 0.05) is 0 Å². The van der Waals surface area contributed by atoms with Gasteiger partial charge < -0.3 is 24.8 Å². The van der Waals surface area contributed by atoms with Crippen LogP contribution in [0.2, 0.25) is 26.2 Å². The van der Waals surface area contributed by atoms with E-state index in [1.54, 1.807) is 0 Å². The van der Waals surface area contributed by atoms with Gasteiger partial charge in [0.25, 0.3) is 0 Å². The topological polar surface area (TPSA) is 0 Å². The van der Waals surface area contributed by atoms with E-state index in [0.717, 1.165) is 12.8 Å². The van der Waals surface area contributed by atoms with E-state index in [1.807, 2.05) is 0 Å². The van der Waals surface area contributed by atoms with Crippen LogP contribution >= 0.6 is 30.6 Å². The molecule has 0 amide bonds. The van der Waals surface area contributed by atoms with Crippen molar-refractivity contribution in [3.8, 4) is 0 Å². The quantitative estimate of drug-likeness (QED) is 0.244. The van der Waals surface area contributed by atoms with Crippen molar-refractivity contribution < 1.29 is 51.0 Å². The summed E-state index contributed by atoms with van der Waals surface area (Å²) in [5.41, 5.74) is 0. The molecule has 2 aliphatic carbocycles. The van der Waals surface area contributed by atoms with E-state index in [-0.39, 0.29) is 51.0 Å². The summed E-state index contributed by atoms with van der Waals surface area (Å²) in [5, 5.41) is 2.81. The van der Waals surface area contributed by atoms with Crippen LogP contribution in [0, 0.1) is 12.2 Å². The molecule has 0 aromatic heterocycles. The largest absolute Gasteiger partial charge is 4.00 e. The fourth-order valence-corrected chi connectivity index (χ4v) is 5.33. The summed E-state index contributed by atoms with van der Waals surface area (Å²) in [6.07, 6.45) is 17.3. The average Bonchev–Trinajstić information content (AvgIpc) is 2.91. The van der Waals surface area contributed by atoms with Crippen molar-refractivity contribution in [3.05, 3.63) is 46.8 Å². The molecule has 2 aliphatic rings. The summed E-state index contributed by atoms with van der Waals surface area (Å²) in [6.45, 7) is 6.69. The predicted octanol–water partition coefficient (Wildman–Crippen LogP) is -0.364. The molecule has 0 bridgehead atoms. The van der Waals surface area contributed by atoms with Gasteiger partial charge in [-0.2, -0.15) is 12.2 Å². The minimum absolute atomic E-state index is 0. The molecule has 0 heterocycles. The monoisotopic (exact) mass is 562 g/mol. The first-order chi connectivity index (χ1) is 8.21. The van der Waals surface area contributed by atoms with Gasteiger partial charge in [0.05, 0.1) is 0 Å². The Morgan fingerprint density at radius 2 is 1.10 bits per heavy atom. The minimum atomic E-state index is -1.19. The third-order valence-corrected chi connectivity index (χ3v) is 8.48. The predicted molar refractivity (Wildman–Crippen MR) is 93.8 cm³/mol. The van der Waals surface area contributed by atoms with E-state index in [1.165, 1.54) is 10.4 Å². The Bertz CT molecular complexity index is 380. The van der Waals surface area contributed by atoms with E-state index in [0.29, 0.717) is 0 Å². The molecule has 0 saturated heterocycles. The molecular weight excluding hydrogens is 546 g/mol. The van der Waals surface area contributed by atoms with Crippen molar-refractivity contribution in [2.24, 2.45) is 0 Å². The average molecular weight is 566 g/mol. The maximum Gasteiger partial charge on any atom is 4.00 e. The summed E-state index contributed by atoms with van der Waals surface area (Å²) >= 11 is 7.39. The van der Waals surface area contributed by atoms with Crippen LogP contribution in [0.25, 0.3) is 0 Å². The van der Waals surface area contributed by atoms with E-state index < -0.39 is 13.4 Å². The molecule has 0 aromatic rings.